The number of nitrogens with zero attached hydrogens (tertiary/aromatic N) is 3. The van der Waals surface area contributed by atoms with Crippen molar-refractivity contribution >= 4 is 16.8 Å². The largest absolute Gasteiger partial charge is 0.332 e. The maximum Gasteiger partial charge on any atom is 0.325 e. The summed E-state index contributed by atoms with van der Waals surface area (Å²) in [4.78, 5) is 51.4. The molecule has 0 bridgehead atoms. The third kappa shape index (κ3) is 4.33. The van der Waals surface area contributed by atoms with Crippen LogP contribution in [0.15, 0.2) is 76.7 Å². The Balaban J connectivity index is 1.64. The second-order valence-corrected chi connectivity index (χ2v) is 6.82. The molecule has 8 nitrogen and oxygen atoms in total. The Morgan fingerprint density at radius 2 is 1.87 bits per heavy atom. The lowest BCUT2D eigenvalue weighted by Crippen LogP contribution is -2.36. The summed E-state index contributed by atoms with van der Waals surface area (Å²) >= 11 is 0. The summed E-state index contributed by atoms with van der Waals surface area (Å²) in [6.07, 6.45) is 5.26. The number of carbonyl (C=O) groups is 1. The highest BCUT2D eigenvalue weighted by Gasteiger charge is 2.19. The number of H-pyrrole nitrogens is 2. The van der Waals surface area contributed by atoms with Crippen molar-refractivity contribution in [3.8, 4) is 0 Å². The van der Waals surface area contributed by atoms with Crippen molar-refractivity contribution in [3.63, 3.8) is 0 Å². The highest BCUT2D eigenvalue weighted by Crippen LogP contribution is 2.14. The van der Waals surface area contributed by atoms with Crippen LogP contribution in [0.3, 0.4) is 0 Å². The smallest absolute Gasteiger partial charge is 0.325 e. The number of pyridine rings is 2. The molecular formula is C22H19N5O3. The Hall–Kier alpha value is -4.07. The quantitative estimate of drug-likeness (QED) is 0.512. The van der Waals surface area contributed by atoms with Crippen LogP contribution >= 0.6 is 0 Å². The molecule has 2 N–H and O–H groups in total. The van der Waals surface area contributed by atoms with E-state index in [1.54, 1.807) is 35.5 Å². The van der Waals surface area contributed by atoms with Crippen LogP contribution in [0.4, 0.5) is 0 Å². The van der Waals surface area contributed by atoms with Crippen molar-refractivity contribution in [1.82, 2.24) is 24.8 Å². The van der Waals surface area contributed by atoms with E-state index in [4.69, 9.17) is 0 Å². The molecule has 0 radical (unpaired) electrons. The molecule has 0 aliphatic rings. The molecule has 0 fully saturated rings. The lowest BCUT2D eigenvalue weighted by Gasteiger charge is -2.22. The second kappa shape index (κ2) is 8.52. The van der Waals surface area contributed by atoms with E-state index in [2.05, 4.69) is 19.9 Å². The van der Waals surface area contributed by atoms with Crippen molar-refractivity contribution in [2.75, 3.05) is 6.54 Å². The van der Waals surface area contributed by atoms with Gasteiger partial charge < -0.3 is 9.88 Å². The molecule has 0 aliphatic heterocycles. The number of nitrogens with one attached hydrogen (secondary N) is 2. The summed E-state index contributed by atoms with van der Waals surface area (Å²) in [7, 11) is 0. The van der Waals surface area contributed by atoms with Gasteiger partial charge in [-0.2, -0.15) is 0 Å². The number of rotatable bonds is 6. The number of carbonyl (C=O) groups excluding carboxylic acids is 1. The first-order valence-corrected chi connectivity index (χ1v) is 9.45. The van der Waals surface area contributed by atoms with Gasteiger partial charge in [-0.05, 0) is 30.2 Å². The van der Waals surface area contributed by atoms with Crippen molar-refractivity contribution in [3.05, 3.63) is 105 Å². The van der Waals surface area contributed by atoms with Crippen LogP contribution in [-0.2, 0) is 13.0 Å². The van der Waals surface area contributed by atoms with E-state index in [1.807, 2.05) is 30.3 Å². The predicted octanol–water partition coefficient (Wildman–Crippen LogP) is 1.89. The van der Waals surface area contributed by atoms with Gasteiger partial charge in [0, 0.05) is 30.5 Å². The molecule has 1 amide bonds. The fourth-order valence-corrected chi connectivity index (χ4v) is 3.17. The third-order valence-corrected chi connectivity index (χ3v) is 4.77. The number of hydrogen-bond acceptors (Lipinski definition) is 5. The zero-order chi connectivity index (χ0) is 20.9. The highest BCUT2D eigenvalue weighted by atomic mass is 16.2. The second-order valence-electron chi connectivity index (χ2n) is 6.82. The van der Waals surface area contributed by atoms with Gasteiger partial charge in [0.15, 0.2) is 0 Å². The molecule has 0 atom stereocenters. The first-order valence-electron chi connectivity index (χ1n) is 9.45. The monoisotopic (exact) mass is 401 g/mol. The van der Waals surface area contributed by atoms with Crippen LogP contribution in [-0.4, -0.2) is 37.3 Å². The van der Waals surface area contributed by atoms with E-state index in [0.29, 0.717) is 24.0 Å². The summed E-state index contributed by atoms with van der Waals surface area (Å²) in [5, 5.41) is 0.835. The van der Waals surface area contributed by atoms with Crippen LogP contribution in [0.5, 0.6) is 0 Å². The summed E-state index contributed by atoms with van der Waals surface area (Å²) in [6, 6.07) is 15.0. The van der Waals surface area contributed by atoms with E-state index in [-0.39, 0.29) is 18.1 Å². The first kappa shape index (κ1) is 19.3. The number of benzene rings is 1. The van der Waals surface area contributed by atoms with Gasteiger partial charge in [0.05, 0.1) is 17.6 Å². The van der Waals surface area contributed by atoms with Gasteiger partial charge >= 0.3 is 5.69 Å². The van der Waals surface area contributed by atoms with Crippen molar-refractivity contribution in [2.45, 2.75) is 13.0 Å². The van der Waals surface area contributed by atoms with Crippen LogP contribution in [0, 0.1) is 0 Å². The van der Waals surface area contributed by atoms with Gasteiger partial charge in [-0.1, -0.05) is 30.3 Å². The van der Waals surface area contributed by atoms with Crippen LogP contribution < -0.4 is 11.2 Å². The molecule has 150 valence electrons. The van der Waals surface area contributed by atoms with E-state index in [0.717, 1.165) is 10.9 Å². The topological polar surface area (TPSA) is 112 Å². The van der Waals surface area contributed by atoms with Crippen molar-refractivity contribution in [2.24, 2.45) is 0 Å². The minimum atomic E-state index is -0.587. The molecular weight excluding hydrogens is 382 g/mol. The van der Waals surface area contributed by atoms with Crippen LogP contribution in [0.1, 0.15) is 21.6 Å². The Labute approximate surface area is 171 Å². The first-order chi connectivity index (χ1) is 14.6. The fraction of sp³-hybridized carbons (Fsp3) is 0.136. The van der Waals surface area contributed by atoms with E-state index in [1.165, 1.54) is 6.20 Å². The zero-order valence-electron chi connectivity index (χ0n) is 16.0. The summed E-state index contributed by atoms with van der Waals surface area (Å²) in [5.74, 6) is -0.296. The molecule has 1 aromatic carbocycles. The Bertz CT molecular complexity index is 1300. The van der Waals surface area contributed by atoms with Gasteiger partial charge in [-0.25, -0.2) is 9.78 Å². The maximum atomic E-state index is 13.3. The number of aromatic nitrogens is 4. The normalized spacial score (nSPS) is 10.8. The number of fused-ring (bicyclic) bond motifs is 1. The van der Waals surface area contributed by atoms with Gasteiger partial charge in [0.25, 0.3) is 11.5 Å². The van der Waals surface area contributed by atoms with E-state index in [9.17, 15) is 14.4 Å². The Morgan fingerprint density at radius 3 is 2.67 bits per heavy atom. The molecule has 4 aromatic rings. The summed E-state index contributed by atoms with van der Waals surface area (Å²) < 4.78 is 0. The average Bonchev–Trinajstić information content (AvgIpc) is 2.78. The molecule has 0 saturated carbocycles. The number of amides is 1. The van der Waals surface area contributed by atoms with Crippen molar-refractivity contribution in [1.29, 1.82) is 0 Å². The summed E-state index contributed by atoms with van der Waals surface area (Å²) in [5.41, 5.74) is 1.21. The molecule has 3 heterocycles. The summed E-state index contributed by atoms with van der Waals surface area (Å²) in [6.45, 7) is 0.436. The SMILES string of the molecule is O=C(c1ccc2cnccc2n1)N(CCc1ccccc1)Cc1c[nH]c(=O)[nH]c1=O. The highest BCUT2D eigenvalue weighted by molar-refractivity contribution is 5.94. The standard InChI is InChI=1S/C22H19N5O3/c28-20-17(13-24-22(30)26-20)14-27(11-9-15-4-2-1-3-5-15)21(29)19-7-6-16-12-23-10-8-18(16)25-19/h1-8,10,12-13H,9,11,14H2,(H2,24,26,28,30). The molecule has 0 aliphatic carbocycles. The molecule has 8 heteroatoms. The van der Waals surface area contributed by atoms with Crippen LogP contribution in [0.2, 0.25) is 0 Å². The van der Waals surface area contributed by atoms with E-state index >= 15 is 0 Å². The Kier molecular flexibility index (Phi) is 5.47. The minimum absolute atomic E-state index is 0.0494. The molecule has 0 unspecified atom stereocenters. The van der Waals surface area contributed by atoms with Gasteiger partial charge in [0.1, 0.15) is 5.69 Å². The molecule has 0 saturated heterocycles. The zero-order valence-corrected chi connectivity index (χ0v) is 16.0. The average molecular weight is 401 g/mol. The molecule has 0 spiro atoms. The lowest BCUT2D eigenvalue weighted by atomic mass is 10.1. The van der Waals surface area contributed by atoms with Gasteiger partial charge in [-0.3, -0.25) is 19.6 Å². The number of hydrogen-bond donors (Lipinski definition) is 2. The fourth-order valence-electron chi connectivity index (χ4n) is 3.17. The molecule has 30 heavy (non-hydrogen) atoms. The van der Waals surface area contributed by atoms with E-state index < -0.39 is 11.2 Å². The Morgan fingerprint density at radius 1 is 1.03 bits per heavy atom. The number of aromatic amines is 2. The molecule has 4 rings (SSSR count). The lowest BCUT2D eigenvalue weighted by molar-refractivity contribution is 0.0739. The van der Waals surface area contributed by atoms with Gasteiger partial charge in [0.2, 0.25) is 0 Å². The molecule has 3 aromatic heterocycles. The minimum Gasteiger partial charge on any atom is -0.332 e. The predicted molar refractivity (Wildman–Crippen MR) is 112 cm³/mol. The van der Waals surface area contributed by atoms with Gasteiger partial charge in [-0.15, -0.1) is 0 Å². The third-order valence-electron chi connectivity index (χ3n) is 4.77. The van der Waals surface area contributed by atoms with Crippen molar-refractivity contribution < 1.29 is 4.79 Å². The maximum absolute atomic E-state index is 13.3. The van der Waals surface area contributed by atoms with Crippen LogP contribution in [0.25, 0.3) is 10.9 Å².